The number of aryl methyl sites for hydroxylation is 1. The minimum Gasteiger partial charge on any atom is -0.492 e. The Labute approximate surface area is 150 Å². The van der Waals surface area contributed by atoms with Gasteiger partial charge < -0.3 is 15.7 Å². The Hall–Kier alpha value is -2.86. The zero-order chi connectivity index (χ0) is 17.6. The monoisotopic (exact) mass is 353 g/mol. The first kappa shape index (κ1) is 17.0. The summed E-state index contributed by atoms with van der Waals surface area (Å²) in [5.74, 6) is -0.283. The number of hydrogen-bond acceptors (Lipinski definition) is 5. The molecule has 0 aliphatic carbocycles. The lowest BCUT2D eigenvalue weighted by molar-refractivity contribution is -0.115. The van der Waals surface area contributed by atoms with Crippen LogP contribution in [0.3, 0.4) is 0 Å². The molecule has 2 aromatic carbocycles. The van der Waals surface area contributed by atoms with E-state index in [0.717, 1.165) is 11.3 Å². The lowest BCUT2D eigenvalue weighted by Crippen LogP contribution is -2.13. The third-order valence-electron chi connectivity index (χ3n) is 3.62. The summed E-state index contributed by atoms with van der Waals surface area (Å²) in [5, 5.41) is 16.5. The molecule has 0 atom stereocenters. The molecule has 6 heteroatoms. The summed E-state index contributed by atoms with van der Waals surface area (Å²) < 4.78 is 0. The van der Waals surface area contributed by atoms with Crippen LogP contribution in [0.1, 0.15) is 16.0 Å². The average Bonchev–Trinajstić information content (AvgIpc) is 2.95. The van der Waals surface area contributed by atoms with E-state index in [0.29, 0.717) is 16.6 Å². The van der Waals surface area contributed by atoms with Crippen molar-refractivity contribution in [3.05, 3.63) is 70.6 Å². The summed E-state index contributed by atoms with van der Waals surface area (Å²) in [6, 6.07) is 17.4. The van der Waals surface area contributed by atoms with E-state index in [1.54, 1.807) is 0 Å². The van der Waals surface area contributed by atoms with Gasteiger partial charge in [0, 0.05) is 12.2 Å². The van der Waals surface area contributed by atoms with Crippen LogP contribution in [0, 0.1) is 6.92 Å². The summed E-state index contributed by atoms with van der Waals surface area (Å²) >= 11 is 1.29. The molecule has 1 aromatic heterocycles. The number of thiazole rings is 1. The minimum absolute atomic E-state index is 0.0879. The van der Waals surface area contributed by atoms with Gasteiger partial charge in [-0.1, -0.05) is 59.4 Å². The van der Waals surface area contributed by atoms with Crippen molar-refractivity contribution in [3.63, 3.8) is 0 Å². The molecule has 3 rings (SSSR count). The second-order valence-corrected chi connectivity index (χ2v) is 6.78. The van der Waals surface area contributed by atoms with Gasteiger partial charge in [0.25, 0.3) is 0 Å². The molecule has 1 amide bonds. The SMILES string of the molecule is Cc1ccc(CNc2nc(O)c(CC(=O)Nc3ccccc3)s2)cc1. The number of nitrogens with one attached hydrogen (secondary N) is 2. The van der Waals surface area contributed by atoms with Crippen LogP contribution in [0.2, 0.25) is 0 Å². The van der Waals surface area contributed by atoms with Crippen LogP contribution in [-0.4, -0.2) is 16.0 Å². The van der Waals surface area contributed by atoms with E-state index < -0.39 is 0 Å². The summed E-state index contributed by atoms with van der Waals surface area (Å²) in [5.41, 5.74) is 3.07. The van der Waals surface area contributed by atoms with Gasteiger partial charge >= 0.3 is 0 Å². The van der Waals surface area contributed by atoms with Crippen molar-refractivity contribution < 1.29 is 9.90 Å². The van der Waals surface area contributed by atoms with Crippen molar-refractivity contribution in [2.75, 3.05) is 10.6 Å². The first-order valence-corrected chi connectivity index (χ1v) is 8.75. The number of amides is 1. The molecule has 3 N–H and O–H groups in total. The molecule has 0 saturated carbocycles. The number of benzene rings is 2. The predicted molar refractivity (Wildman–Crippen MR) is 101 cm³/mol. The highest BCUT2D eigenvalue weighted by molar-refractivity contribution is 7.16. The molecule has 0 aliphatic rings. The Morgan fingerprint density at radius 1 is 1.12 bits per heavy atom. The van der Waals surface area contributed by atoms with E-state index in [4.69, 9.17) is 0 Å². The Morgan fingerprint density at radius 2 is 1.84 bits per heavy atom. The molecule has 0 unspecified atom stereocenters. The van der Waals surface area contributed by atoms with Gasteiger partial charge in [-0.3, -0.25) is 4.79 Å². The molecule has 0 saturated heterocycles. The molecule has 25 heavy (non-hydrogen) atoms. The summed E-state index contributed by atoms with van der Waals surface area (Å²) in [6.07, 6.45) is 0.0879. The standard InChI is InChI=1S/C19H19N3O2S/c1-13-7-9-14(10-8-13)12-20-19-22-18(24)16(25-19)11-17(23)21-15-5-3-2-4-6-15/h2-10,24H,11-12H2,1H3,(H,20,22)(H,21,23). The van der Waals surface area contributed by atoms with Crippen LogP contribution in [0.5, 0.6) is 5.88 Å². The van der Waals surface area contributed by atoms with E-state index in [1.165, 1.54) is 16.9 Å². The van der Waals surface area contributed by atoms with Crippen molar-refractivity contribution in [1.29, 1.82) is 0 Å². The molecular formula is C19H19N3O2S. The maximum atomic E-state index is 12.1. The Balaban J connectivity index is 1.58. The molecular weight excluding hydrogens is 334 g/mol. The fourth-order valence-electron chi connectivity index (χ4n) is 2.29. The number of anilines is 2. The summed E-state index contributed by atoms with van der Waals surface area (Å²) in [4.78, 5) is 16.7. The van der Waals surface area contributed by atoms with Gasteiger partial charge in [0.1, 0.15) is 0 Å². The van der Waals surface area contributed by atoms with E-state index >= 15 is 0 Å². The van der Waals surface area contributed by atoms with Crippen molar-refractivity contribution in [2.45, 2.75) is 19.9 Å². The van der Waals surface area contributed by atoms with Gasteiger partial charge in [0.05, 0.1) is 11.3 Å². The maximum Gasteiger partial charge on any atom is 0.229 e. The highest BCUT2D eigenvalue weighted by Gasteiger charge is 2.14. The van der Waals surface area contributed by atoms with Crippen LogP contribution in [0.4, 0.5) is 10.8 Å². The number of carbonyl (C=O) groups is 1. The van der Waals surface area contributed by atoms with Crippen LogP contribution in [-0.2, 0) is 17.8 Å². The van der Waals surface area contributed by atoms with Crippen LogP contribution >= 0.6 is 11.3 Å². The third-order valence-corrected chi connectivity index (χ3v) is 4.62. The number of carbonyl (C=O) groups excluding carboxylic acids is 1. The molecule has 0 bridgehead atoms. The topological polar surface area (TPSA) is 74.2 Å². The van der Waals surface area contributed by atoms with Crippen LogP contribution in [0.25, 0.3) is 0 Å². The van der Waals surface area contributed by atoms with Crippen LogP contribution < -0.4 is 10.6 Å². The van der Waals surface area contributed by atoms with E-state index in [-0.39, 0.29) is 18.2 Å². The summed E-state index contributed by atoms with van der Waals surface area (Å²) in [6.45, 7) is 2.66. The quantitative estimate of drug-likeness (QED) is 0.627. The van der Waals surface area contributed by atoms with Gasteiger partial charge in [-0.25, -0.2) is 0 Å². The molecule has 0 fully saturated rings. The van der Waals surface area contributed by atoms with Crippen molar-refractivity contribution in [2.24, 2.45) is 0 Å². The van der Waals surface area contributed by atoms with E-state index in [9.17, 15) is 9.90 Å². The molecule has 5 nitrogen and oxygen atoms in total. The van der Waals surface area contributed by atoms with Crippen molar-refractivity contribution in [1.82, 2.24) is 4.98 Å². The first-order chi connectivity index (χ1) is 12.1. The van der Waals surface area contributed by atoms with E-state index in [2.05, 4.69) is 27.8 Å². The lowest BCUT2D eigenvalue weighted by atomic mass is 10.1. The van der Waals surface area contributed by atoms with Gasteiger partial charge in [0.2, 0.25) is 11.8 Å². The van der Waals surface area contributed by atoms with Gasteiger partial charge in [0.15, 0.2) is 5.13 Å². The number of aromatic hydroxyl groups is 1. The molecule has 0 aliphatic heterocycles. The zero-order valence-corrected chi connectivity index (χ0v) is 14.6. The first-order valence-electron chi connectivity index (χ1n) is 7.93. The maximum absolute atomic E-state index is 12.1. The van der Waals surface area contributed by atoms with Gasteiger partial charge in [-0.15, -0.1) is 0 Å². The van der Waals surface area contributed by atoms with Crippen LogP contribution in [0.15, 0.2) is 54.6 Å². The average molecular weight is 353 g/mol. The van der Waals surface area contributed by atoms with E-state index in [1.807, 2.05) is 49.4 Å². The molecule has 3 aromatic rings. The minimum atomic E-state index is -0.185. The fourth-order valence-corrected chi connectivity index (χ4v) is 3.14. The number of aromatic nitrogens is 1. The third kappa shape index (κ3) is 4.81. The molecule has 1 heterocycles. The Bertz CT molecular complexity index is 845. The van der Waals surface area contributed by atoms with Crippen molar-refractivity contribution in [3.8, 4) is 5.88 Å². The fraction of sp³-hybridized carbons (Fsp3) is 0.158. The predicted octanol–water partition coefficient (Wildman–Crippen LogP) is 3.95. The molecule has 0 radical (unpaired) electrons. The second-order valence-electron chi connectivity index (χ2n) is 5.70. The number of rotatable bonds is 6. The number of para-hydroxylation sites is 1. The zero-order valence-electron chi connectivity index (χ0n) is 13.8. The largest absolute Gasteiger partial charge is 0.492 e. The Kier molecular flexibility index (Phi) is 5.30. The second kappa shape index (κ2) is 7.81. The van der Waals surface area contributed by atoms with Gasteiger partial charge in [-0.2, -0.15) is 4.98 Å². The highest BCUT2D eigenvalue weighted by Crippen LogP contribution is 2.29. The number of hydrogen-bond donors (Lipinski definition) is 3. The lowest BCUT2D eigenvalue weighted by Gasteiger charge is -2.03. The molecule has 0 spiro atoms. The highest BCUT2D eigenvalue weighted by atomic mass is 32.1. The Morgan fingerprint density at radius 3 is 2.56 bits per heavy atom. The molecule has 128 valence electrons. The smallest absolute Gasteiger partial charge is 0.229 e. The summed E-state index contributed by atoms with van der Waals surface area (Å²) in [7, 11) is 0. The normalized spacial score (nSPS) is 10.4. The number of nitrogens with zero attached hydrogens (tertiary/aromatic N) is 1. The van der Waals surface area contributed by atoms with Gasteiger partial charge in [-0.05, 0) is 24.6 Å². The van der Waals surface area contributed by atoms with Crippen molar-refractivity contribution >= 4 is 28.1 Å².